The van der Waals surface area contributed by atoms with Gasteiger partial charge in [0.2, 0.25) is 11.8 Å². The van der Waals surface area contributed by atoms with E-state index in [0.717, 1.165) is 22.6 Å². The summed E-state index contributed by atoms with van der Waals surface area (Å²) in [4.78, 5) is 27.1. The smallest absolute Gasteiger partial charge is 0.229 e. The van der Waals surface area contributed by atoms with E-state index in [1.165, 1.54) is 0 Å². The molecule has 4 rings (SSSR count). The number of carbonyl (C=O) groups excluding carboxylic acids is 2. The summed E-state index contributed by atoms with van der Waals surface area (Å²) in [5, 5.41) is 7.53. The van der Waals surface area contributed by atoms with Gasteiger partial charge in [0, 0.05) is 25.2 Å². The minimum absolute atomic E-state index is 0.0147. The number of likely N-dealkylation sites (tertiary alicyclic amines) is 1. The molecule has 3 aromatic rings. The number of rotatable bonds is 5. The van der Waals surface area contributed by atoms with Crippen LogP contribution in [0.1, 0.15) is 23.4 Å². The molecule has 2 heterocycles. The van der Waals surface area contributed by atoms with E-state index in [4.69, 9.17) is 0 Å². The minimum Gasteiger partial charge on any atom is -0.338 e. The molecule has 1 aliphatic heterocycles. The van der Waals surface area contributed by atoms with Crippen molar-refractivity contribution in [2.24, 2.45) is 5.92 Å². The number of anilines is 1. The second-order valence-electron chi connectivity index (χ2n) is 7.51. The predicted octanol–water partition coefficient (Wildman–Crippen LogP) is 3.48. The van der Waals surface area contributed by atoms with Crippen molar-refractivity contribution in [1.29, 1.82) is 0 Å². The summed E-state index contributed by atoms with van der Waals surface area (Å²) < 4.78 is 1.83. The Hall–Kier alpha value is -3.41. The number of para-hydroxylation sites is 2. The number of amides is 2. The molecule has 6 nitrogen and oxygen atoms in total. The van der Waals surface area contributed by atoms with E-state index < -0.39 is 0 Å². The third kappa shape index (κ3) is 4.06. The monoisotopic (exact) mass is 388 g/mol. The zero-order valence-corrected chi connectivity index (χ0v) is 16.6. The van der Waals surface area contributed by atoms with Gasteiger partial charge in [-0.3, -0.25) is 9.59 Å². The SMILES string of the molecule is Cc1cc(C)n(-c2ccccc2NC(=O)C2CC(=O)N(Cc3ccccc3)C2)n1. The van der Waals surface area contributed by atoms with E-state index in [0.29, 0.717) is 18.8 Å². The van der Waals surface area contributed by atoms with Gasteiger partial charge in [-0.25, -0.2) is 4.68 Å². The largest absolute Gasteiger partial charge is 0.338 e. The van der Waals surface area contributed by atoms with E-state index in [1.54, 1.807) is 4.90 Å². The maximum absolute atomic E-state index is 12.9. The Morgan fingerprint density at radius 2 is 1.83 bits per heavy atom. The van der Waals surface area contributed by atoms with E-state index in [9.17, 15) is 9.59 Å². The molecular weight excluding hydrogens is 364 g/mol. The van der Waals surface area contributed by atoms with Gasteiger partial charge in [0.15, 0.2) is 0 Å². The molecule has 1 unspecified atom stereocenters. The highest BCUT2D eigenvalue weighted by Crippen LogP contribution is 2.25. The van der Waals surface area contributed by atoms with Crippen molar-refractivity contribution in [1.82, 2.24) is 14.7 Å². The Morgan fingerprint density at radius 1 is 1.10 bits per heavy atom. The van der Waals surface area contributed by atoms with Crippen LogP contribution in [0.15, 0.2) is 60.7 Å². The summed E-state index contributed by atoms with van der Waals surface area (Å²) >= 11 is 0. The van der Waals surface area contributed by atoms with Crippen molar-refractivity contribution in [3.63, 3.8) is 0 Å². The Balaban J connectivity index is 1.48. The molecule has 1 aliphatic rings. The minimum atomic E-state index is -0.361. The van der Waals surface area contributed by atoms with Crippen molar-refractivity contribution in [2.75, 3.05) is 11.9 Å². The van der Waals surface area contributed by atoms with Crippen LogP contribution in [0.4, 0.5) is 5.69 Å². The van der Waals surface area contributed by atoms with Gasteiger partial charge in [0.05, 0.1) is 23.0 Å². The van der Waals surface area contributed by atoms with E-state index >= 15 is 0 Å². The fourth-order valence-electron chi connectivity index (χ4n) is 3.78. The van der Waals surface area contributed by atoms with Crippen LogP contribution >= 0.6 is 0 Å². The highest BCUT2D eigenvalue weighted by molar-refractivity contribution is 5.98. The highest BCUT2D eigenvalue weighted by Gasteiger charge is 2.34. The van der Waals surface area contributed by atoms with Gasteiger partial charge in [0.25, 0.3) is 0 Å². The Bertz CT molecular complexity index is 1040. The Labute approximate surface area is 170 Å². The average Bonchev–Trinajstić information content (AvgIpc) is 3.24. The highest BCUT2D eigenvalue weighted by atomic mass is 16.2. The molecule has 0 bridgehead atoms. The molecular formula is C23H24N4O2. The second-order valence-corrected chi connectivity index (χ2v) is 7.51. The van der Waals surface area contributed by atoms with Crippen molar-refractivity contribution >= 4 is 17.5 Å². The lowest BCUT2D eigenvalue weighted by Crippen LogP contribution is -2.28. The lowest BCUT2D eigenvalue weighted by molar-refractivity contribution is -0.128. The van der Waals surface area contributed by atoms with E-state index in [1.807, 2.05) is 79.2 Å². The van der Waals surface area contributed by atoms with Crippen LogP contribution in [0, 0.1) is 19.8 Å². The molecule has 2 amide bonds. The number of nitrogens with zero attached hydrogens (tertiary/aromatic N) is 3. The van der Waals surface area contributed by atoms with Crippen LogP contribution < -0.4 is 5.32 Å². The molecule has 148 valence electrons. The van der Waals surface area contributed by atoms with Crippen LogP contribution in [0.25, 0.3) is 5.69 Å². The summed E-state index contributed by atoms with van der Waals surface area (Å²) in [6.07, 6.45) is 0.237. The second kappa shape index (κ2) is 7.91. The standard InChI is InChI=1S/C23H24N4O2/c1-16-12-17(2)27(25-16)21-11-7-6-10-20(21)24-23(29)19-13-22(28)26(15-19)14-18-8-4-3-5-9-18/h3-12,19H,13-15H2,1-2H3,(H,24,29). The number of aryl methyl sites for hydroxylation is 2. The molecule has 0 saturated carbocycles. The third-order valence-electron chi connectivity index (χ3n) is 5.20. The molecule has 1 aromatic heterocycles. The summed E-state index contributed by atoms with van der Waals surface area (Å²) in [7, 11) is 0. The molecule has 6 heteroatoms. The first-order valence-electron chi connectivity index (χ1n) is 9.76. The third-order valence-corrected chi connectivity index (χ3v) is 5.20. The van der Waals surface area contributed by atoms with E-state index in [2.05, 4.69) is 10.4 Å². The van der Waals surface area contributed by atoms with Gasteiger partial charge >= 0.3 is 0 Å². The van der Waals surface area contributed by atoms with Crippen molar-refractivity contribution in [3.05, 3.63) is 77.6 Å². The van der Waals surface area contributed by atoms with Crippen molar-refractivity contribution in [3.8, 4) is 5.69 Å². The molecule has 1 N–H and O–H groups in total. The molecule has 0 aliphatic carbocycles. The fraction of sp³-hybridized carbons (Fsp3) is 0.261. The van der Waals surface area contributed by atoms with Gasteiger partial charge in [0.1, 0.15) is 0 Å². The summed E-state index contributed by atoms with van der Waals surface area (Å²) in [5.74, 6) is -0.483. The van der Waals surface area contributed by atoms with Gasteiger partial charge < -0.3 is 10.2 Å². The number of benzene rings is 2. The Morgan fingerprint density at radius 3 is 2.55 bits per heavy atom. The summed E-state index contributed by atoms with van der Waals surface area (Å²) in [6, 6.07) is 19.4. The van der Waals surface area contributed by atoms with Crippen LogP contribution in [0.2, 0.25) is 0 Å². The van der Waals surface area contributed by atoms with Gasteiger partial charge in [-0.1, -0.05) is 42.5 Å². The quantitative estimate of drug-likeness (QED) is 0.728. The van der Waals surface area contributed by atoms with Gasteiger partial charge in [-0.05, 0) is 37.6 Å². The number of aromatic nitrogens is 2. The molecule has 0 radical (unpaired) electrons. The number of carbonyl (C=O) groups is 2. The normalized spacial score (nSPS) is 16.3. The molecule has 29 heavy (non-hydrogen) atoms. The Kier molecular flexibility index (Phi) is 5.16. The first kappa shape index (κ1) is 18.9. The number of nitrogens with one attached hydrogen (secondary N) is 1. The van der Waals surface area contributed by atoms with Crippen LogP contribution in [-0.4, -0.2) is 33.0 Å². The molecule has 1 fully saturated rings. The molecule has 2 aromatic carbocycles. The number of hydrogen-bond donors (Lipinski definition) is 1. The topological polar surface area (TPSA) is 67.2 Å². The summed E-state index contributed by atoms with van der Waals surface area (Å²) in [6.45, 7) is 4.89. The maximum atomic E-state index is 12.9. The number of hydrogen-bond acceptors (Lipinski definition) is 3. The average molecular weight is 388 g/mol. The molecule has 1 saturated heterocycles. The maximum Gasteiger partial charge on any atom is 0.229 e. The molecule has 0 spiro atoms. The zero-order valence-electron chi connectivity index (χ0n) is 16.6. The van der Waals surface area contributed by atoms with Gasteiger partial charge in [-0.2, -0.15) is 5.10 Å². The van der Waals surface area contributed by atoms with Crippen molar-refractivity contribution in [2.45, 2.75) is 26.8 Å². The van der Waals surface area contributed by atoms with Crippen LogP contribution in [0.3, 0.4) is 0 Å². The van der Waals surface area contributed by atoms with E-state index in [-0.39, 0.29) is 24.2 Å². The van der Waals surface area contributed by atoms with Crippen LogP contribution in [0.5, 0.6) is 0 Å². The van der Waals surface area contributed by atoms with Crippen molar-refractivity contribution < 1.29 is 9.59 Å². The first-order valence-corrected chi connectivity index (χ1v) is 9.76. The lowest BCUT2D eigenvalue weighted by atomic mass is 10.1. The predicted molar refractivity (Wildman–Crippen MR) is 112 cm³/mol. The fourth-order valence-corrected chi connectivity index (χ4v) is 3.78. The van der Waals surface area contributed by atoms with Crippen LogP contribution in [-0.2, 0) is 16.1 Å². The lowest BCUT2D eigenvalue weighted by Gasteiger charge is -2.17. The first-order chi connectivity index (χ1) is 14.0. The van der Waals surface area contributed by atoms with Gasteiger partial charge in [-0.15, -0.1) is 0 Å². The summed E-state index contributed by atoms with van der Waals surface area (Å²) in [5.41, 5.74) is 4.49. The molecule has 1 atom stereocenters. The zero-order chi connectivity index (χ0) is 20.4.